The van der Waals surface area contributed by atoms with E-state index >= 15 is 0 Å². The molecule has 2 aromatic rings. The highest BCUT2D eigenvalue weighted by Gasteiger charge is 2.15. The smallest absolute Gasteiger partial charge is 0.146 e. The third kappa shape index (κ3) is 4.73. The van der Waals surface area contributed by atoms with Gasteiger partial charge in [0, 0.05) is 23.6 Å². The second-order valence-electron chi connectivity index (χ2n) is 6.40. The minimum Gasteiger partial charge on any atom is -0.398 e. The van der Waals surface area contributed by atoms with E-state index in [0.717, 1.165) is 17.6 Å². The number of allylic oxidation sites excluding steroid dienone is 1. The van der Waals surface area contributed by atoms with Crippen LogP contribution >= 0.6 is 0 Å². The summed E-state index contributed by atoms with van der Waals surface area (Å²) in [4.78, 5) is 0. The Morgan fingerprint density at radius 3 is 2.50 bits per heavy atom. The Bertz CT molecular complexity index is 819. The van der Waals surface area contributed by atoms with Gasteiger partial charge in [-0.2, -0.15) is 0 Å². The number of hydrogen-bond donors (Lipinski definition) is 4. The van der Waals surface area contributed by atoms with Gasteiger partial charge in [-0.15, -0.1) is 0 Å². The maximum atomic E-state index is 14.2. The molecule has 0 saturated heterocycles. The van der Waals surface area contributed by atoms with E-state index < -0.39 is 11.6 Å². The summed E-state index contributed by atoms with van der Waals surface area (Å²) in [6, 6.07) is 7.18. The van der Waals surface area contributed by atoms with Gasteiger partial charge in [0.2, 0.25) is 0 Å². The molecule has 0 atom stereocenters. The molecular formula is C20H25F2N3O. The molecule has 0 aliphatic carbocycles. The summed E-state index contributed by atoms with van der Waals surface area (Å²) in [6.07, 6.45) is 2.13. The predicted octanol–water partition coefficient (Wildman–Crippen LogP) is 4.45. The monoisotopic (exact) mass is 361 g/mol. The van der Waals surface area contributed by atoms with Crippen molar-refractivity contribution in [2.24, 2.45) is 5.73 Å². The van der Waals surface area contributed by atoms with E-state index in [2.05, 4.69) is 5.32 Å². The molecule has 0 heterocycles. The van der Waals surface area contributed by atoms with Gasteiger partial charge in [0.05, 0.1) is 11.4 Å². The van der Waals surface area contributed by atoms with Crippen molar-refractivity contribution < 1.29 is 13.9 Å². The van der Waals surface area contributed by atoms with E-state index in [1.165, 1.54) is 18.2 Å². The van der Waals surface area contributed by atoms with Crippen LogP contribution in [0.5, 0.6) is 0 Å². The molecule has 0 aliphatic heterocycles. The average molecular weight is 361 g/mol. The zero-order chi connectivity index (χ0) is 19.3. The van der Waals surface area contributed by atoms with E-state index in [1.54, 1.807) is 19.1 Å². The Morgan fingerprint density at radius 2 is 1.85 bits per heavy atom. The lowest BCUT2D eigenvalue weighted by Crippen LogP contribution is -2.09. The van der Waals surface area contributed by atoms with Crippen molar-refractivity contribution in [3.8, 4) is 0 Å². The van der Waals surface area contributed by atoms with E-state index in [1.807, 2.05) is 6.92 Å². The summed E-state index contributed by atoms with van der Waals surface area (Å²) >= 11 is 0. The van der Waals surface area contributed by atoms with Crippen LogP contribution in [0.2, 0.25) is 0 Å². The largest absolute Gasteiger partial charge is 0.398 e. The summed E-state index contributed by atoms with van der Waals surface area (Å²) < 4.78 is 28.1. The molecule has 2 aromatic carbocycles. The highest BCUT2D eigenvalue weighted by Crippen LogP contribution is 2.34. The Labute approximate surface area is 152 Å². The molecule has 0 fully saturated rings. The van der Waals surface area contributed by atoms with Crippen LogP contribution in [0.15, 0.2) is 35.9 Å². The summed E-state index contributed by atoms with van der Waals surface area (Å²) in [5.74, 6) is -0.979. The number of nitrogens with two attached hydrogens (primary N) is 2. The number of hydrogen-bond acceptors (Lipinski definition) is 4. The molecule has 0 saturated carbocycles. The molecule has 140 valence electrons. The Kier molecular flexibility index (Phi) is 6.58. The first-order chi connectivity index (χ1) is 12.3. The van der Waals surface area contributed by atoms with E-state index in [-0.39, 0.29) is 18.0 Å². The van der Waals surface area contributed by atoms with Gasteiger partial charge in [0.25, 0.3) is 0 Å². The fourth-order valence-electron chi connectivity index (χ4n) is 2.74. The van der Waals surface area contributed by atoms with Gasteiger partial charge in [-0.25, -0.2) is 8.78 Å². The standard InChI is InChI=1S/C20H25F2N3O/c1-12-6-7-17(15(22)9-12)25-18-11-14(21)10-16(23)19(18)20(24)13(2)5-3-4-8-26/h6-7,9-11,25-26H,3-5,8,23-24H2,1-2H3/b20-13+. The van der Waals surface area contributed by atoms with Crippen LogP contribution in [-0.4, -0.2) is 11.7 Å². The fourth-order valence-corrected chi connectivity index (χ4v) is 2.74. The lowest BCUT2D eigenvalue weighted by Gasteiger charge is -2.18. The molecular weight excluding hydrogens is 336 g/mol. The highest BCUT2D eigenvalue weighted by atomic mass is 19.1. The van der Waals surface area contributed by atoms with Crippen LogP contribution in [-0.2, 0) is 0 Å². The minimum absolute atomic E-state index is 0.116. The lowest BCUT2D eigenvalue weighted by molar-refractivity contribution is 0.284. The number of aliphatic hydroxyl groups excluding tert-OH is 1. The molecule has 0 radical (unpaired) electrons. The normalized spacial score (nSPS) is 12.0. The topological polar surface area (TPSA) is 84.3 Å². The highest BCUT2D eigenvalue weighted by molar-refractivity contribution is 5.86. The van der Waals surface area contributed by atoms with E-state index in [0.29, 0.717) is 29.8 Å². The number of anilines is 3. The Hall–Kier alpha value is -2.60. The number of benzene rings is 2. The zero-order valence-electron chi connectivity index (χ0n) is 15.1. The van der Waals surface area contributed by atoms with Crippen molar-refractivity contribution in [2.75, 3.05) is 17.7 Å². The number of halogens is 2. The zero-order valence-corrected chi connectivity index (χ0v) is 15.1. The van der Waals surface area contributed by atoms with Gasteiger partial charge in [-0.05, 0) is 68.5 Å². The van der Waals surface area contributed by atoms with Gasteiger partial charge in [0.1, 0.15) is 11.6 Å². The number of aryl methyl sites for hydroxylation is 1. The number of aliphatic hydroxyl groups is 1. The van der Waals surface area contributed by atoms with Crippen molar-refractivity contribution >= 4 is 22.8 Å². The van der Waals surface area contributed by atoms with Gasteiger partial charge < -0.3 is 21.9 Å². The summed E-state index contributed by atoms with van der Waals surface area (Å²) in [5.41, 5.74) is 15.5. The number of rotatable bonds is 7. The first-order valence-corrected chi connectivity index (χ1v) is 8.52. The molecule has 2 rings (SSSR count). The van der Waals surface area contributed by atoms with Gasteiger partial charge >= 0.3 is 0 Å². The Morgan fingerprint density at radius 1 is 1.12 bits per heavy atom. The molecule has 0 aromatic heterocycles. The minimum atomic E-state index is -0.535. The molecule has 0 bridgehead atoms. The quantitative estimate of drug-likeness (QED) is 0.434. The molecule has 6 N–H and O–H groups in total. The predicted molar refractivity (Wildman–Crippen MR) is 103 cm³/mol. The SMILES string of the molecule is C/C(CCCCO)=C(\N)c1c(N)cc(F)cc1Nc1ccc(C)cc1F. The Balaban J connectivity index is 2.44. The second kappa shape index (κ2) is 8.67. The van der Waals surface area contributed by atoms with E-state index in [4.69, 9.17) is 16.6 Å². The second-order valence-corrected chi connectivity index (χ2v) is 6.40. The molecule has 0 amide bonds. The van der Waals surface area contributed by atoms with Crippen LogP contribution in [0.25, 0.3) is 5.70 Å². The van der Waals surface area contributed by atoms with Gasteiger partial charge in [0.15, 0.2) is 0 Å². The van der Waals surface area contributed by atoms with Crippen LogP contribution in [0.1, 0.15) is 37.3 Å². The lowest BCUT2D eigenvalue weighted by atomic mass is 10.00. The molecule has 6 heteroatoms. The first-order valence-electron chi connectivity index (χ1n) is 8.52. The van der Waals surface area contributed by atoms with Crippen molar-refractivity contribution in [1.82, 2.24) is 0 Å². The van der Waals surface area contributed by atoms with Crippen molar-refractivity contribution in [1.29, 1.82) is 0 Å². The number of nitrogen functional groups attached to an aromatic ring is 1. The summed E-state index contributed by atoms with van der Waals surface area (Å²) in [6.45, 7) is 3.77. The maximum Gasteiger partial charge on any atom is 0.146 e. The molecule has 0 aliphatic rings. The molecule has 0 unspecified atom stereocenters. The molecule has 4 nitrogen and oxygen atoms in total. The fraction of sp³-hybridized carbons (Fsp3) is 0.300. The number of unbranched alkanes of at least 4 members (excludes halogenated alkanes) is 1. The van der Waals surface area contributed by atoms with Crippen molar-refractivity contribution in [2.45, 2.75) is 33.1 Å². The van der Waals surface area contributed by atoms with Crippen molar-refractivity contribution in [3.63, 3.8) is 0 Å². The van der Waals surface area contributed by atoms with E-state index in [9.17, 15) is 8.78 Å². The van der Waals surface area contributed by atoms with Crippen LogP contribution in [0.3, 0.4) is 0 Å². The summed E-state index contributed by atoms with van der Waals surface area (Å²) in [7, 11) is 0. The maximum absolute atomic E-state index is 14.2. The average Bonchev–Trinajstić information content (AvgIpc) is 2.56. The third-order valence-corrected chi connectivity index (χ3v) is 4.22. The van der Waals surface area contributed by atoms with Crippen LogP contribution in [0, 0.1) is 18.6 Å². The molecule has 26 heavy (non-hydrogen) atoms. The van der Waals surface area contributed by atoms with Gasteiger partial charge in [-0.1, -0.05) is 6.07 Å². The van der Waals surface area contributed by atoms with Crippen LogP contribution in [0.4, 0.5) is 25.8 Å². The van der Waals surface area contributed by atoms with Crippen LogP contribution < -0.4 is 16.8 Å². The van der Waals surface area contributed by atoms with Crippen molar-refractivity contribution in [3.05, 3.63) is 58.7 Å². The van der Waals surface area contributed by atoms with Gasteiger partial charge in [-0.3, -0.25) is 0 Å². The third-order valence-electron chi connectivity index (χ3n) is 4.22. The first kappa shape index (κ1) is 19.7. The number of nitrogens with one attached hydrogen (secondary N) is 1. The molecule has 0 spiro atoms. The summed E-state index contributed by atoms with van der Waals surface area (Å²) in [5, 5.41) is 11.8.